The van der Waals surface area contributed by atoms with Gasteiger partial charge in [0.2, 0.25) is 0 Å². The average molecular weight is 333 g/mol. The molecule has 2 rings (SSSR count). The number of hydrogen-bond donors (Lipinski definition) is 1. The topological polar surface area (TPSA) is 35.8 Å². The Morgan fingerprint density at radius 1 is 1.25 bits per heavy atom. The summed E-state index contributed by atoms with van der Waals surface area (Å²) in [4.78, 5) is 0. The molecule has 2 aromatic carbocycles. The molecule has 0 saturated carbocycles. The van der Waals surface area contributed by atoms with Gasteiger partial charge in [0, 0.05) is 21.8 Å². The van der Waals surface area contributed by atoms with Crippen LogP contribution in [0.2, 0.25) is 0 Å². The van der Waals surface area contributed by atoms with Crippen LogP contribution >= 0.6 is 15.9 Å². The van der Waals surface area contributed by atoms with Gasteiger partial charge in [-0.2, -0.15) is 5.26 Å². The van der Waals surface area contributed by atoms with Crippen LogP contribution in [-0.4, -0.2) is 0 Å². The van der Waals surface area contributed by atoms with E-state index in [2.05, 4.69) is 21.2 Å². The Bertz CT molecular complexity index is 659. The molecular weight excluding hydrogens is 319 g/mol. The minimum absolute atomic E-state index is 0.0233. The zero-order valence-electron chi connectivity index (χ0n) is 11.2. The largest absolute Gasteiger partial charge is 0.378 e. The van der Waals surface area contributed by atoms with Crippen molar-refractivity contribution in [1.82, 2.24) is 0 Å². The number of nitrogens with one attached hydrogen (secondary N) is 1. The highest BCUT2D eigenvalue weighted by atomic mass is 79.9. The number of benzene rings is 2. The summed E-state index contributed by atoms with van der Waals surface area (Å²) in [6.45, 7) is 3.70. The SMILES string of the molecule is Cc1c(F)cc(C#N)cc1NC(C)c1ccc(Br)cc1. The fraction of sp³-hybridized carbons (Fsp3) is 0.188. The van der Waals surface area contributed by atoms with Gasteiger partial charge in [-0.1, -0.05) is 28.1 Å². The zero-order valence-corrected chi connectivity index (χ0v) is 12.8. The molecule has 20 heavy (non-hydrogen) atoms. The molecule has 0 aromatic heterocycles. The van der Waals surface area contributed by atoms with Gasteiger partial charge in [0.05, 0.1) is 11.6 Å². The lowest BCUT2D eigenvalue weighted by molar-refractivity contribution is 0.618. The minimum Gasteiger partial charge on any atom is -0.378 e. The Hall–Kier alpha value is -1.86. The highest BCUT2D eigenvalue weighted by Crippen LogP contribution is 2.26. The first-order valence-electron chi connectivity index (χ1n) is 6.23. The van der Waals surface area contributed by atoms with Crippen molar-refractivity contribution >= 4 is 21.6 Å². The van der Waals surface area contributed by atoms with Gasteiger partial charge in [-0.05, 0) is 43.7 Å². The van der Waals surface area contributed by atoms with Crippen LogP contribution in [0.25, 0.3) is 0 Å². The quantitative estimate of drug-likeness (QED) is 0.863. The van der Waals surface area contributed by atoms with Crippen LogP contribution in [0.3, 0.4) is 0 Å². The standard InChI is InChI=1S/C16H14BrFN2/c1-10-15(18)7-12(9-19)8-16(10)20-11(2)13-3-5-14(17)6-4-13/h3-8,11,20H,1-2H3. The van der Waals surface area contributed by atoms with Crippen molar-refractivity contribution in [2.24, 2.45) is 0 Å². The summed E-state index contributed by atoms with van der Waals surface area (Å²) in [5.41, 5.74) is 2.58. The van der Waals surface area contributed by atoms with E-state index in [1.54, 1.807) is 13.0 Å². The van der Waals surface area contributed by atoms with Crippen molar-refractivity contribution in [1.29, 1.82) is 5.26 Å². The van der Waals surface area contributed by atoms with E-state index in [0.29, 0.717) is 16.8 Å². The molecule has 0 aliphatic carbocycles. The molecule has 0 spiro atoms. The molecule has 0 bridgehead atoms. The Balaban J connectivity index is 2.28. The highest BCUT2D eigenvalue weighted by Gasteiger charge is 2.11. The van der Waals surface area contributed by atoms with Crippen LogP contribution < -0.4 is 5.32 Å². The third-order valence-corrected chi connectivity index (χ3v) is 3.74. The number of rotatable bonds is 3. The van der Waals surface area contributed by atoms with Gasteiger partial charge in [-0.15, -0.1) is 0 Å². The van der Waals surface area contributed by atoms with E-state index in [4.69, 9.17) is 5.26 Å². The molecule has 2 aromatic rings. The molecular formula is C16H14BrFN2. The Morgan fingerprint density at radius 2 is 1.90 bits per heavy atom. The van der Waals surface area contributed by atoms with Gasteiger partial charge in [0.1, 0.15) is 5.82 Å². The van der Waals surface area contributed by atoms with Crippen molar-refractivity contribution in [3.05, 3.63) is 63.4 Å². The van der Waals surface area contributed by atoms with Crippen molar-refractivity contribution in [3.8, 4) is 6.07 Å². The molecule has 0 aliphatic rings. The smallest absolute Gasteiger partial charge is 0.129 e. The summed E-state index contributed by atoms with van der Waals surface area (Å²) in [5.74, 6) is -0.366. The van der Waals surface area contributed by atoms with Gasteiger partial charge < -0.3 is 5.32 Å². The Labute approximate surface area is 126 Å². The number of nitrogens with zero attached hydrogens (tertiary/aromatic N) is 1. The van der Waals surface area contributed by atoms with Gasteiger partial charge >= 0.3 is 0 Å². The second-order valence-electron chi connectivity index (χ2n) is 4.66. The normalized spacial score (nSPS) is 11.8. The van der Waals surface area contributed by atoms with E-state index in [0.717, 1.165) is 10.0 Å². The van der Waals surface area contributed by atoms with E-state index in [-0.39, 0.29) is 11.9 Å². The van der Waals surface area contributed by atoms with Gasteiger partial charge in [0.15, 0.2) is 0 Å². The van der Waals surface area contributed by atoms with Crippen LogP contribution in [0.5, 0.6) is 0 Å². The zero-order chi connectivity index (χ0) is 14.7. The van der Waals surface area contributed by atoms with E-state index >= 15 is 0 Å². The fourth-order valence-electron chi connectivity index (χ4n) is 1.96. The molecule has 0 saturated heterocycles. The molecule has 0 aliphatic heterocycles. The molecule has 4 heteroatoms. The first-order valence-corrected chi connectivity index (χ1v) is 7.03. The lowest BCUT2D eigenvalue weighted by Gasteiger charge is -2.18. The molecule has 1 unspecified atom stereocenters. The first-order chi connectivity index (χ1) is 9.51. The number of halogens is 2. The summed E-state index contributed by atoms with van der Waals surface area (Å²) in [5, 5.41) is 12.2. The minimum atomic E-state index is -0.366. The predicted octanol–water partition coefficient (Wildman–Crippen LogP) is 4.94. The van der Waals surface area contributed by atoms with Crippen molar-refractivity contribution < 1.29 is 4.39 Å². The van der Waals surface area contributed by atoms with Crippen LogP contribution in [-0.2, 0) is 0 Å². The van der Waals surface area contributed by atoms with Crippen LogP contribution in [0, 0.1) is 24.1 Å². The molecule has 0 amide bonds. The summed E-state index contributed by atoms with van der Waals surface area (Å²) in [7, 11) is 0. The lowest BCUT2D eigenvalue weighted by Crippen LogP contribution is -2.08. The first kappa shape index (κ1) is 14.5. The summed E-state index contributed by atoms with van der Waals surface area (Å²) >= 11 is 3.40. The van der Waals surface area contributed by atoms with E-state index < -0.39 is 0 Å². The van der Waals surface area contributed by atoms with Crippen LogP contribution in [0.1, 0.15) is 29.7 Å². The maximum absolute atomic E-state index is 13.7. The van der Waals surface area contributed by atoms with Crippen molar-refractivity contribution in [2.75, 3.05) is 5.32 Å². The average Bonchev–Trinajstić information content (AvgIpc) is 2.44. The third-order valence-electron chi connectivity index (χ3n) is 3.22. The highest BCUT2D eigenvalue weighted by molar-refractivity contribution is 9.10. The molecule has 102 valence electrons. The lowest BCUT2D eigenvalue weighted by atomic mass is 10.1. The maximum atomic E-state index is 13.7. The van der Waals surface area contributed by atoms with Crippen LogP contribution in [0.4, 0.5) is 10.1 Å². The molecule has 1 atom stereocenters. The molecule has 0 radical (unpaired) electrons. The van der Waals surface area contributed by atoms with Crippen molar-refractivity contribution in [3.63, 3.8) is 0 Å². The molecule has 0 fully saturated rings. The van der Waals surface area contributed by atoms with Crippen LogP contribution in [0.15, 0.2) is 40.9 Å². The van der Waals surface area contributed by atoms with Gasteiger partial charge in [0.25, 0.3) is 0 Å². The fourth-order valence-corrected chi connectivity index (χ4v) is 2.23. The van der Waals surface area contributed by atoms with Gasteiger partial charge in [-0.3, -0.25) is 0 Å². The number of nitriles is 1. The summed E-state index contributed by atoms with van der Waals surface area (Å²) < 4.78 is 14.8. The monoisotopic (exact) mass is 332 g/mol. The number of anilines is 1. The molecule has 1 N–H and O–H groups in total. The second kappa shape index (κ2) is 6.06. The third kappa shape index (κ3) is 3.17. The molecule has 2 nitrogen and oxygen atoms in total. The van der Waals surface area contributed by atoms with Crippen molar-refractivity contribution in [2.45, 2.75) is 19.9 Å². The van der Waals surface area contributed by atoms with Gasteiger partial charge in [-0.25, -0.2) is 4.39 Å². The summed E-state index contributed by atoms with van der Waals surface area (Å²) in [6.07, 6.45) is 0. The second-order valence-corrected chi connectivity index (χ2v) is 5.58. The van der Waals surface area contributed by atoms with E-state index in [1.165, 1.54) is 6.07 Å². The Kier molecular flexibility index (Phi) is 4.41. The predicted molar refractivity (Wildman–Crippen MR) is 82.0 cm³/mol. The van der Waals surface area contributed by atoms with E-state index in [9.17, 15) is 4.39 Å². The summed E-state index contributed by atoms with van der Waals surface area (Å²) in [6, 6.07) is 12.9. The Morgan fingerprint density at radius 3 is 2.50 bits per heavy atom. The maximum Gasteiger partial charge on any atom is 0.129 e. The number of hydrogen-bond acceptors (Lipinski definition) is 2. The molecule has 0 heterocycles. The van der Waals surface area contributed by atoms with E-state index in [1.807, 2.05) is 37.3 Å².